The highest BCUT2D eigenvalue weighted by Crippen LogP contribution is 2.15. The molecule has 0 N–H and O–H groups in total. The van der Waals surface area contributed by atoms with Crippen LogP contribution in [0.25, 0.3) is 0 Å². The summed E-state index contributed by atoms with van der Waals surface area (Å²) in [5, 5.41) is 8.76. The predicted molar refractivity (Wildman–Crippen MR) is 92.0 cm³/mol. The fraction of sp³-hybridized carbons (Fsp3) is 0.579. The van der Waals surface area contributed by atoms with E-state index in [-0.39, 0.29) is 12.0 Å². The van der Waals surface area contributed by atoms with Crippen LogP contribution < -0.4 is 0 Å². The van der Waals surface area contributed by atoms with Crippen LogP contribution >= 0.6 is 0 Å². The molecule has 0 aliphatic carbocycles. The number of nitriles is 1. The van der Waals surface area contributed by atoms with E-state index in [4.69, 9.17) is 10.00 Å². The van der Waals surface area contributed by atoms with Gasteiger partial charge in [0.05, 0.1) is 24.3 Å². The van der Waals surface area contributed by atoms with Crippen LogP contribution in [-0.2, 0) is 16.0 Å². The first-order valence-corrected chi connectivity index (χ1v) is 8.48. The molecule has 1 amide bonds. The Bertz CT molecular complexity index is 517. The van der Waals surface area contributed by atoms with E-state index >= 15 is 0 Å². The Morgan fingerprint density at radius 3 is 2.57 bits per heavy atom. The summed E-state index contributed by atoms with van der Waals surface area (Å²) in [6.07, 6.45) is 1.38. The number of amides is 1. The van der Waals surface area contributed by atoms with E-state index in [0.717, 1.165) is 5.56 Å². The largest absolute Gasteiger partial charge is 0.374 e. The van der Waals surface area contributed by atoms with Crippen LogP contribution in [0.3, 0.4) is 0 Å². The van der Waals surface area contributed by atoms with Gasteiger partial charge in [-0.15, -0.1) is 0 Å². The van der Waals surface area contributed by atoms with Gasteiger partial charge >= 0.3 is 0 Å². The van der Waals surface area contributed by atoms with Crippen molar-refractivity contribution in [2.24, 2.45) is 5.92 Å². The van der Waals surface area contributed by atoms with E-state index in [2.05, 4.69) is 19.9 Å². The van der Waals surface area contributed by atoms with E-state index in [1.165, 1.54) is 0 Å². The zero-order valence-corrected chi connectivity index (χ0v) is 14.7. The van der Waals surface area contributed by atoms with Gasteiger partial charge in [0, 0.05) is 19.5 Å². The Kier molecular flexibility index (Phi) is 8.36. The molecule has 0 saturated carbocycles. The number of benzene rings is 1. The van der Waals surface area contributed by atoms with Crippen LogP contribution in [0.1, 0.15) is 45.2 Å². The van der Waals surface area contributed by atoms with Crippen molar-refractivity contribution in [2.45, 2.75) is 46.6 Å². The van der Waals surface area contributed by atoms with Gasteiger partial charge in [0.1, 0.15) is 0 Å². The summed E-state index contributed by atoms with van der Waals surface area (Å²) in [4.78, 5) is 14.2. The van der Waals surface area contributed by atoms with Crippen LogP contribution in [0, 0.1) is 17.2 Å². The van der Waals surface area contributed by atoms with Gasteiger partial charge in [-0.2, -0.15) is 5.26 Å². The lowest BCUT2D eigenvalue weighted by atomic mass is 10.0. The third-order valence-corrected chi connectivity index (χ3v) is 3.90. The Hall–Kier alpha value is -1.86. The third kappa shape index (κ3) is 6.03. The molecular formula is C19H28N2O2. The second kappa shape index (κ2) is 10.0. The van der Waals surface area contributed by atoms with Crippen molar-refractivity contribution in [1.82, 2.24) is 4.90 Å². The van der Waals surface area contributed by atoms with Crippen LogP contribution in [0.2, 0.25) is 0 Å². The number of aryl methyl sites for hydroxylation is 1. The van der Waals surface area contributed by atoms with Gasteiger partial charge in [-0.05, 0) is 30.0 Å². The first-order valence-electron chi connectivity index (χ1n) is 8.48. The van der Waals surface area contributed by atoms with Gasteiger partial charge in [0.15, 0.2) is 0 Å². The van der Waals surface area contributed by atoms with Gasteiger partial charge < -0.3 is 9.64 Å². The summed E-state index contributed by atoms with van der Waals surface area (Å²) >= 11 is 0. The van der Waals surface area contributed by atoms with E-state index in [0.29, 0.717) is 44.0 Å². The smallest absolute Gasteiger partial charge is 0.223 e. The molecule has 0 aromatic heterocycles. The minimum atomic E-state index is 0.151. The standard InChI is InChI=1S/C17H22N2O2.C2H6/c1-13(2)16-12-19(9-10-21-16)17(20)8-7-14-3-5-15(11-18)6-4-14;1-2/h3-6,13,16H,7-10,12H2,1-2H3;1-2H3. The van der Waals surface area contributed by atoms with Gasteiger partial charge in [-0.3, -0.25) is 4.79 Å². The number of carbonyl (C=O) groups excluding carboxylic acids is 1. The molecule has 1 saturated heterocycles. The number of nitrogens with zero attached hydrogens (tertiary/aromatic N) is 2. The zero-order valence-electron chi connectivity index (χ0n) is 14.7. The average molecular weight is 316 g/mol. The maximum atomic E-state index is 12.3. The maximum Gasteiger partial charge on any atom is 0.223 e. The van der Waals surface area contributed by atoms with Crippen molar-refractivity contribution >= 4 is 5.91 Å². The van der Waals surface area contributed by atoms with E-state index in [9.17, 15) is 4.79 Å². The monoisotopic (exact) mass is 316 g/mol. The molecule has 1 aromatic carbocycles. The first kappa shape index (κ1) is 19.2. The zero-order chi connectivity index (χ0) is 17.2. The van der Waals surface area contributed by atoms with Gasteiger partial charge in [0.25, 0.3) is 0 Å². The predicted octanol–water partition coefficient (Wildman–Crippen LogP) is 3.40. The van der Waals surface area contributed by atoms with Gasteiger partial charge in [0.2, 0.25) is 5.91 Å². The van der Waals surface area contributed by atoms with E-state index in [1.54, 1.807) is 12.1 Å². The lowest BCUT2D eigenvalue weighted by Gasteiger charge is -2.35. The van der Waals surface area contributed by atoms with Crippen LogP contribution in [0.4, 0.5) is 0 Å². The lowest BCUT2D eigenvalue weighted by molar-refractivity contribution is -0.140. The minimum Gasteiger partial charge on any atom is -0.374 e. The SMILES string of the molecule is CC.CC(C)C1CN(C(=O)CCc2ccc(C#N)cc2)CCO1. The highest BCUT2D eigenvalue weighted by atomic mass is 16.5. The molecule has 0 radical (unpaired) electrons. The summed E-state index contributed by atoms with van der Waals surface area (Å²) in [5.41, 5.74) is 1.74. The van der Waals surface area contributed by atoms with Crippen molar-refractivity contribution < 1.29 is 9.53 Å². The summed E-state index contributed by atoms with van der Waals surface area (Å²) in [7, 11) is 0. The molecule has 1 fully saturated rings. The van der Waals surface area contributed by atoms with Crippen molar-refractivity contribution in [3.8, 4) is 6.07 Å². The molecule has 0 spiro atoms. The highest BCUT2D eigenvalue weighted by molar-refractivity contribution is 5.76. The van der Waals surface area contributed by atoms with Crippen LogP contribution in [0.5, 0.6) is 0 Å². The molecular weight excluding hydrogens is 288 g/mol. The molecule has 4 nitrogen and oxygen atoms in total. The Morgan fingerprint density at radius 1 is 1.35 bits per heavy atom. The van der Waals surface area contributed by atoms with Crippen molar-refractivity contribution in [1.29, 1.82) is 5.26 Å². The summed E-state index contributed by atoms with van der Waals surface area (Å²) in [6.45, 7) is 10.3. The molecule has 1 heterocycles. The summed E-state index contributed by atoms with van der Waals surface area (Å²) in [6, 6.07) is 9.52. The first-order chi connectivity index (χ1) is 11.1. The minimum absolute atomic E-state index is 0.151. The fourth-order valence-electron chi connectivity index (χ4n) is 2.46. The van der Waals surface area contributed by atoms with Gasteiger partial charge in [-0.1, -0.05) is 39.8 Å². The van der Waals surface area contributed by atoms with Crippen LogP contribution in [-0.4, -0.2) is 36.6 Å². The van der Waals surface area contributed by atoms with Gasteiger partial charge in [-0.25, -0.2) is 0 Å². The van der Waals surface area contributed by atoms with Crippen molar-refractivity contribution in [3.63, 3.8) is 0 Å². The molecule has 126 valence electrons. The lowest BCUT2D eigenvalue weighted by Crippen LogP contribution is -2.47. The highest BCUT2D eigenvalue weighted by Gasteiger charge is 2.25. The van der Waals surface area contributed by atoms with Crippen LogP contribution in [0.15, 0.2) is 24.3 Å². The fourth-order valence-corrected chi connectivity index (χ4v) is 2.46. The molecule has 0 bridgehead atoms. The Labute approximate surface area is 140 Å². The normalized spacial score (nSPS) is 17.2. The molecule has 1 aliphatic rings. The molecule has 4 heteroatoms. The van der Waals surface area contributed by atoms with E-state index < -0.39 is 0 Å². The number of hydrogen-bond donors (Lipinski definition) is 0. The number of ether oxygens (including phenoxy) is 1. The molecule has 1 atom stereocenters. The average Bonchev–Trinajstić information content (AvgIpc) is 2.62. The molecule has 1 aromatic rings. The third-order valence-electron chi connectivity index (χ3n) is 3.90. The molecule has 2 rings (SSSR count). The molecule has 23 heavy (non-hydrogen) atoms. The molecule has 1 unspecified atom stereocenters. The number of morpholine rings is 1. The van der Waals surface area contributed by atoms with E-state index in [1.807, 2.05) is 30.9 Å². The molecule has 1 aliphatic heterocycles. The number of carbonyl (C=O) groups is 1. The Balaban J connectivity index is 0.00000127. The topological polar surface area (TPSA) is 53.3 Å². The van der Waals surface area contributed by atoms with Crippen molar-refractivity contribution in [3.05, 3.63) is 35.4 Å². The second-order valence-electron chi connectivity index (χ2n) is 5.80. The number of hydrogen-bond acceptors (Lipinski definition) is 3. The quantitative estimate of drug-likeness (QED) is 0.855. The maximum absolute atomic E-state index is 12.3. The number of rotatable bonds is 4. The summed E-state index contributed by atoms with van der Waals surface area (Å²) < 4.78 is 5.68. The van der Waals surface area contributed by atoms with Crippen molar-refractivity contribution in [2.75, 3.05) is 19.7 Å². The second-order valence-corrected chi connectivity index (χ2v) is 5.80. The Morgan fingerprint density at radius 2 is 2.00 bits per heavy atom. The summed E-state index contributed by atoms with van der Waals surface area (Å²) in [5.74, 6) is 0.618.